The second-order valence-corrected chi connectivity index (χ2v) is 6.09. The summed E-state index contributed by atoms with van der Waals surface area (Å²) in [5, 5.41) is 0. The molecule has 0 aliphatic rings. The van der Waals surface area contributed by atoms with Crippen molar-refractivity contribution in [2.75, 3.05) is 27.9 Å². The summed E-state index contributed by atoms with van der Waals surface area (Å²) in [6.45, 7) is 0.812. The Labute approximate surface area is 145 Å². The molecule has 24 heavy (non-hydrogen) atoms. The number of methoxy groups -OCH3 is 3. The van der Waals surface area contributed by atoms with Crippen LogP contribution in [-0.2, 0) is 17.6 Å². The van der Waals surface area contributed by atoms with Gasteiger partial charge in [0.25, 0.3) is 0 Å². The second kappa shape index (κ2) is 9.99. The van der Waals surface area contributed by atoms with E-state index in [1.165, 1.54) is 11.1 Å². The van der Waals surface area contributed by atoms with Gasteiger partial charge in [-0.2, -0.15) is 0 Å². The first kappa shape index (κ1) is 18.3. The van der Waals surface area contributed by atoms with Crippen molar-refractivity contribution < 1.29 is 14.2 Å². The molecule has 0 radical (unpaired) electrons. The highest BCUT2D eigenvalue weighted by molar-refractivity contribution is 5.28. The highest BCUT2D eigenvalue weighted by atomic mass is 16.5. The lowest BCUT2D eigenvalue weighted by atomic mass is 9.94. The lowest BCUT2D eigenvalue weighted by Crippen LogP contribution is -2.11. The van der Waals surface area contributed by atoms with E-state index in [0.29, 0.717) is 5.92 Å². The zero-order valence-electron chi connectivity index (χ0n) is 15.0. The molecular weight excluding hydrogens is 300 g/mol. The summed E-state index contributed by atoms with van der Waals surface area (Å²) in [6, 6.07) is 16.7. The van der Waals surface area contributed by atoms with Gasteiger partial charge in [0, 0.05) is 13.7 Å². The maximum Gasteiger partial charge on any atom is 0.118 e. The molecule has 0 saturated carbocycles. The SMILES string of the molecule is COCC(CCc1ccc(OC)cc1)CCc1ccc(OC)cc1. The lowest BCUT2D eigenvalue weighted by Gasteiger charge is -2.16. The van der Waals surface area contributed by atoms with Crippen LogP contribution in [0.25, 0.3) is 0 Å². The van der Waals surface area contributed by atoms with E-state index in [1.54, 1.807) is 21.3 Å². The summed E-state index contributed by atoms with van der Waals surface area (Å²) < 4.78 is 15.8. The van der Waals surface area contributed by atoms with Crippen LogP contribution in [0, 0.1) is 5.92 Å². The van der Waals surface area contributed by atoms with Crippen LogP contribution in [0.5, 0.6) is 11.5 Å². The normalized spacial score (nSPS) is 10.8. The molecule has 0 aliphatic carbocycles. The van der Waals surface area contributed by atoms with Crippen LogP contribution in [0.2, 0.25) is 0 Å². The molecule has 0 amide bonds. The van der Waals surface area contributed by atoms with Gasteiger partial charge in [-0.25, -0.2) is 0 Å². The molecule has 0 N–H and O–H groups in total. The van der Waals surface area contributed by atoms with E-state index >= 15 is 0 Å². The first-order chi connectivity index (χ1) is 11.7. The summed E-state index contributed by atoms with van der Waals surface area (Å²) in [5.41, 5.74) is 2.70. The minimum Gasteiger partial charge on any atom is -0.497 e. The van der Waals surface area contributed by atoms with E-state index in [9.17, 15) is 0 Å². The Morgan fingerprint density at radius 2 is 1.08 bits per heavy atom. The molecule has 0 aromatic heterocycles. The van der Waals surface area contributed by atoms with Crippen molar-refractivity contribution in [2.45, 2.75) is 25.7 Å². The van der Waals surface area contributed by atoms with Crippen LogP contribution >= 0.6 is 0 Å². The van der Waals surface area contributed by atoms with Crippen LogP contribution in [0.4, 0.5) is 0 Å². The Kier molecular flexibility index (Phi) is 7.63. The van der Waals surface area contributed by atoms with Gasteiger partial charge in [0.15, 0.2) is 0 Å². The molecule has 3 nitrogen and oxygen atoms in total. The highest BCUT2D eigenvalue weighted by Gasteiger charge is 2.10. The van der Waals surface area contributed by atoms with Gasteiger partial charge >= 0.3 is 0 Å². The average Bonchev–Trinajstić information content (AvgIpc) is 2.65. The molecule has 0 unspecified atom stereocenters. The zero-order valence-corrected chi connectivity index (χ0v) is 15.0. The van der Waals surface area contributed by atoms with E-state index in [2.05, 4.69) is 24.3 Å². The summed E-state index contributed by atoms with van der Waals surface area (Å²) >= 11 is 0. The summed E-state index contributed by atoms with van der Waals surface area (Å²) in [7, 11) is 5.18. The van der Waals surface area contributed by atoms with E-state index in [-0.39, 0.29) is 0 Å². The largest absolute Gasteiger partial charge is 0.497 e. The summed E-state index contributed by atoms with van der Waals surface area (Å²) in [4.78, 5) is 0. The highest BCUT2D eigenvalue weighted by Crippen LogP contribution is 2.20. The van der Waals surface area contributed by atoms with Gasteiger partial charge in [-0.15, -0.1) is 0 Å². The fraction of sp³-hybridized carbons (Fsp3) is 0.429. The van der Waals surface area contributed by atoms with Gasteiger partial charge in [0.1, 0.15) is 11.5 Å². The van der Waals surface area contributed by atoms with Crippen LogP contribution in [-0.4, -0.2) is 27.9 Å². The number of hydrogen-bond donors (Lipinski definition) is 0. The summed E-state index contributed by atoms with van der Waals surface area (Å²) in [5.74, 6) is 2.39. The number of hydrogen-bond acceptors (Lipinski definition) is 3. The Hall–Kier alpha value is -2.00. The van der Waals surface area contributed by atoms with Crippen molar-refractivity contribution in [3.63, 3.8) is 0 Å². The van der Waals surface area contributed by atoms with Gasteiger partial charge < -0.3 is 14.2 Å². The molecule has 2 aromatic rings. The Morgan fingerprint density at radius 3 is 1.42 bits per heavy atom. The van der Waals surface area contributed by atoms with Crippen LogP contribution in [0.3, 0.4) is 0 Å². The summed E-state index contributed by atoms with van der Waals surface area (Å²) in [6.07, 6.45) is 4.41. The van der Waals surface area contributed by atoms with Crippen LogP contribution in [0.15, 0.2) is 48.5 Å². The fourth-order valence-corrected chi connectivity index (χ4v) is 2.87. The molecule has 3 heteroatoms. The van der Waals surface area contributed by atoms with Gasteiger partial charge in [-0.1, -0.05) is 24.3 Å². The smallest absolute Gasteiger partial charge is 0.118 e. The standard InChI is InChI=1S/C21H28O3/c1-22-16-19(6-4-17-8-12-20(23-2)13-9-17)7-5-18-10-14-21(24-3)15-11-18/h8-15,19H,4-7,16H2,1-3H3. The van der Waals surface area contributed by atoms with E-state index in [0.717, 1.165) is 43.8 Å². The number of aryl methyl sites for hydroxylation is 2. The van der Waals surface area contributed by atoms with Crippen molar-refractivity contribution in [3.8, 4) is 11.5 Å². The quantitative estimate of drug-likeness (QED) is 0.641. The van der Waals surface area contributed by atoms with Crippen molar-refractivity contribution in [1.29, 1.82) is 0 Å². The third-order valence-electron chi connectivity index (χ3n) is 4.40. The Morgan fingerprint density at radius 1 is 0.667 bits per heavy atom. The molecule has 0 saturated heterocycles. The molecule has 2 rings (SSSR count). The zero-order chi connectivity index (χ0) is 17.2. The first-order valence-corrected chi connectivity index (χ1v) is 8.50. The third-order valence-corrected chi connectivity index (χ3v) is 4.40. The minimum absolute atomic E-state index is 0.569. The van der Waals surface area contributed by atoms with Crippen LogP contribution in [0.1, 0.15) is 24.0 Å². The lowest BCUT2D eigenvalue weighted by molar-refractivity contribution is 0.143. The van der Waals surface area contributed by atoms with E-state index < -0.39 is 0 Å². The molecule has 0 bridgehead atoms. The van der Waals surface area contributed by atoms with Crippen LogP contribution < -0.4 is 9.47 Å². The molecule has 0 atom stereocenters. The molecule has 0 spiro atoms. The molecule has 0 fully saturated rings. The second-order valence-electron chi connectivity index (χ2n) is 6.09. The molecule has 130 valence electrons. The number of ether oxygens (including phenoxy) is 3. The van der Waals surface area contributed by atoms with Crippen molar-refractivity contribution in [1.82, 2.24) is 0 Å². The van der Waals surface area contributed by atoms with Crippen molar-refractivity contribution in [2.24, 2.45) is 5.92 Å². The maximum absolute atomic E-state index is 5.41. The molecule has 0 heterocycles. The molecule has 0 aliphatic heterocycles. The van der Waals surface area contributed by atoms with Gasteiger partial charge in [0.2, 0.25) is 0 Å². The third kappa shape index (κ3) is 5.89. The van der Waals surface area contributed by atoms with Crippen molar-refractivity contribution in [3.05, 3.63) is 59.7 Å². The number of benzene rings is 2. The minimum atomic E-state index is 0.569. The number of rotatable bonds is 10. The topological polar surface area (TPSA) is 27.7 Å². The van der Waals surface area contributed by atoms with Gasteiger partial charge in [0.05, 0.1) is 14.2 Å². The van der Waals surface area contributed by atoms with E-state index in [4.69, 9.17) is 14.2 Å². The van der Waals surface area contributed by atoms with E-state index in [1.807, 2.05) is 24.3 Å². The first-order valence-electron chi connectivity index (χ1n) is 8.50. The molecule has 2 aromatic carbocycles. The maximum atomic E-state index is 5.41. The Bertz CT molecular complexity index is 524. The monoisotopic (exact) mass is 328 g/mol. The van der Waals surface area contributed by atoms with Gasteiger partial charge in [-0.05, 0) is 67.0 Å². The average molecular weight is 328 g/mol. The molecular formula is C21H28O3. The fourth-order valence-electron chi connectivity index (χ4n) is 2.87. The predicted octanol–water partition coefficient (Wildman–Crippen LogP) is 4.53. The predicted molar refractivity (Wildman–Crippen MR) is 98.0 cm³/mol. The van der Waals surface area contributed by atoms with Crippen molar-refractivity contribution >= 4 is 0 Å². The van der Waals surface area contributed by atoms with Gasteiger partial charge in [-0.3, -0.25) is 0 Å². The Balaban J connectivity index is 1.83.